The molecule has 0 aliphatic carbocycles. The molecule has 0 aromatic rings. The monoisotopic (exact) mass is 174 g/mol. The fraction of sp³-hybridized carbons (Fsp3) is 1.00. The van der Waals surface area contributed by atoms with Crippen LogP contribution in [0.1, 0.15) is 27.2 Å². The van der Waals surface area contributed by atoms with Crippen LogP contribution in [0.5, 0.6) is 0 Å². The summed E-state index contributed by atoms with van der Waals surface area (Å²) in [5, 5.41) is 0. The Labute approximate surface area is 74.0 Å². The van der Waals surface area contributed by atoms with Crippen molar-refractivity contribution in [1.29, 1.82) is 0 Å². The molecular formula is C9H18O3. The second-order valence-corrected chi connectivity index (χ2v) is 2.95. The molecule has 0 amide bonds. The molecule has 3 nitrogen and oxygen atoms in total. The molecule has 1 atom stereocenters. The molecule has 0 radical (unpaired) electrons. The SMILES string of the molecule is CCOC(OCC)C1(CC)CO1. The van der Waals surface area contributed by atoms with Crippen LogP contribution < -0.4 is 0 Å². The third kappa shape index (κ3) is 1.97. The number of hydrogen-bond donors (Lipinski definition) is 0. The van der Waals surface area contributed by atoms with E-state index in [1.54, 1.807) is 0 Å². The van der Waals surface area contributed by atoms with Crippen molar-refractivity contribution in [3.05, 3.63) is 0 Å². The zero-order valence-electron chi connectivity index (χ0n) is 8.13. The molecule has 72 valence electrons. The lowest BCUT2D eigenvalue weighted by Crippen LogP contribution is -2.34. The first-order valence-electron chi connectivity index (χ1n) is 4.66. The number of epoxide rings is 1. The van der Waals surface area contributed by atoms with Gasteiger partial charge < -0.3 is 14.2 Å². The van der Waals surface area contributed by atoms with Gasteiger partial charge in [-0.25, -0.2) is 0 Å². The predicted octanol–water partition coefficient (Wildman–Crippen LogP) is 1.56. The van der Waals surface area contributed by atoms with Gasteiger partial charge in [0.2, 0.25) is 0 Å². The quantitative estimate of drug-likeness (QED) is 0.452. The van der Waals surface area contributed by atoms with Crippen LogP contribution in [0, 0.1) is 0 Å². The molecule has 1 heterocycles. The van der Waals surface area contributed by atoms with E-state index in [2.05, 4.69) is 6.92 Å². The lowest BCUT2D eigenvalue weighted by molar-refractivity contribution is -0.174. The summed E-state index contributed by atoms with van der Waals surface area (Å²) < 4.78 is 16.3. The zero-order chi connectivity index (χ0) is 9.03. The maximum Gasteiger partial charge on any atom is 0.188 e. The standard InChI is InChI=1S/C9H18O3/c1-4-9(7-12-9)8(10-5-2)11-6-3/h8H,4-7H2,1-3H3. The molecule has 1 rings (SSSR count). The molecule has 0 spiro atoms. The van der Waals surface area contributed by atoms with Crippen LogP contribution in [0.2, 0.25) is 0 Å². The van der Waals surface area contributed by atoms with E-state index < -0.39 is 0 Å². The van der Waals surface area contributed by atoms with Gasteiger partial charge in [-0.2, -0.15) is 0 Å². The molecule has 0 saturated carbocycles. The van der Waals surface area contributed by atoms with Crippen LogP contribution in [0.4, 0.5) is 0 Å². The van der Waals surface area contributed by atoms with E-state index in [1.807, 2.05) is 13.8 Å². The highest BCUT2D eigenvalue weighted by Crippen LogP contribution is 2.36. The molecule has 0 N–H and O–H groups in total. The Kier molecular flexibility index (Phi) is 3.50. The highest BCUT2D eigenvalue weighted by Gasteiger charge is 2.51. The van der Waals surface area contributed by atoms with Crippen molar-refractivity contribution in [2.75, 3.05) is 19.8 Å². The van der Waals surface area contributed by atoms with Gasteiger partial charge in [0, 0.05) is 13.2 Å². The first-order chi connectivity index (χ1) is 5.79. The molecule has 1 saturated heterocycles. The lowest BCUT2D eigenvalue weighted by Gasteiger charge is -2.22. The summed E-state index contributed by atoms with van der Waals surface area (Å²) in [6.45, 7) is 8.16. The molecule has 3 heteroatoms. The van der Waals surface area contributed by atoms with Crippen molar-refractivity contribution in [3.8, 4) is 0 Å². The first kappa shape index (κ1) is 9.96. The van der Waals surface area contributed by atoms with Crippen LogP contribution in [-0.4, -0.2) is 31.7 Å². The smallest absolute Gasteiger partial charge is 0.188 e. The Morgan fingerprint density at radius 2 is 1.75 bits per heavy atom. The summed E-state index contributed by atoms with van der Waals surface area (Å²) >= 11 is 0. The Morgan fingerprint density at radius 3 is 2.00 bits per heavy atom. The van der Waals surface area contributed by atoms with Crippen LogP contribution in [-0.2, 0) is 14.2 Å². The number of rotatable bonds is 6. The number of hydrogen-bond acceptors (Lipinski definition) is 3. The van der Waals surface area contributed by atoms with Crippen LogP contribution >= 0.6 is 0 Å². The minimum Gasteiger partial charge on any atom is -0.364 e. The molecule has 1 fully saturated rings. The average Bonchev–Trinajstić information content (AvgIpc) is 2.85. The molecule has 0 aromatic carbocycles. The topological polar surface area (TPSA) is 31.0 Å². The number of ether oxygens (including phenoxy) is 3. The molecule has 1 unspecified atom stereocenters. The summed E-state index contributed by atoms with van der Waals surface area (Å²) in [6.07, 6.45) is 0.787. The van der Waals surface area contributed by atoms with E-state index in [0.29, 0.717) is 13.2 Å². The second kappa shape index (κ2) is 4.21. The normalized spacial score (nSPS) is 28.0. The predicted molar refractivity (Wildman–Crippen MR) is 46.0 cm³/mol. The van der Waals surface area contributed by atoms with Crippen molar-refractivity contribution in [2.24, 2.45) is 0 Å². The van der Waals surface area contributed by atoms with E-state index in [9.17, 15) is 0 Å². The molecule has 0 aromatic heterocycles. The third-order valence-electron chi connectivity index (χ3n) is 2.18. The van der Waals surface area contributed by atoms with Crippen molar-refractivity contribution in [3.63, 3.8) is 0 Å². The van der Waals surface area contributed by atoms with Gasteiger partial charge in [-0.05, 0) is 20.3 Å². The van der Waals surface area contributed by atoms with E-state index in [4.69, 9.17) is 14.2 Å². The van der Waals surface area contributed by atoms with Gasteiger partial charge in [-0.1, -0.05) is 6.92 Å². The van der Waals surface area contributed by atoms with Gasteiger partial charge in [0.25, 0.3) is 0 Å². The van der Waals surface area contributed by atoms with Crippen molar-refractivity contribution in [1.82, 2.24) is 0 Å². The fourth-order valence-corrected chi connectivity index (χ4v) is 1.25. The van der Waals surface area contributed by atoms with Gasteiger partial charge in [-0.15, -0.1) is 0 Å². The van der Waals surface area contributed by atoms with Crippen LogP contribution in [0.25, 0.3) is 0 Å². The van der Waals surface area contributed by atoms with E-state index in [-0.39, 0.29) is 11.9 Å². The molecule has 0 bridgehead atoms. The summed E-state index contributed by atoms with van der Waals surface area (Å²) in [4.78, 5) is 0. The van der Waals surface area contributed by atoms with Crippen molar-refractivity contribution >= 4 is 0 Å². The zero-order valence-corrected chi connectivity index (χ0v) is 8.13. The Hall–Kier alpha value is -0.120. The summed E-state index contributed by atoms with van der Waals surface area (Å²) in [5.74, 6) is 0. The molecule has 1 aliphatic rings. The Balaban J connectivity index is 2.41. The average molecular weight is 174 g/mol. The first-order valence-corrected chi connectivity index (χ1v) is 4.66. The highest BCUT2D eigenvalue weighted by atomic mass is 16.7. The van der Waals surface area contributed by atoms with E-state index in [0.717, 1.165) is 13.0 Å². The van der Waals surface area contributed by atoms with Crippen molar-refractivity contribution in [2.45, 2.75) is 39.1 Å². The third-order valence-corrected chi connectivity index (χ3v) is 2.18. The minimum atomic E-state index is -0.169. The fourth-order valence-electron chi connectivity index (χ4n) is 1.25. The van der Waals surface area contributed by atoms with Gasteiger partial charge >= 0.3 is 0 Å². The largest absolute Gasteiger partial charge is 0.364 e. The van der Waals surface area contributed by atoms with E-state index >= 15 is 0 Å². The van der Waals surface area contributed by atoms with Crippen LogP contribution in [0.3, 0.4) is 0 Å². The van der Waals surface area contributed by atoms with Gasteiger partial charge in [-0.3, -0.25) is 0 Å². The Bertz CT molecular complexity index is 126. The summed E-state index contributed by atoms with van der Waals surface area (Å²) in [7, 11) is 0. The second-order valence-electron chi connectivity index (χ2n) is 2.95. The minimum absolute atomic E-state index is 0.133. The summed E-state index contributed by atoms with van der Waals surface area (Å²) in [6, 6.07) is 0. The van der Waals surface area contributed by atoms with Gasteiger partial charge in [0.15, 0.2) is 6.29 Å². The van der Waals surface area contributed by atoms with Crippen LogP contribution in [0.15, 0.2) is 0 Å². The molecule has 12 heavy (non-hydrogen) atoms. The summed E-state index contributed by atoms with van der Waals surface area (Å²) in [5.41, 5.74) is -0.133. The maximum atomic E-state index is 5.45. The maximum absolute atomic E-state index is 5.45. The highest BCUT2D eigenvalue weighted by molar-refractivity contribution is 4.94. The molecule has 1 aliphatic heterocycles. The lowest BCUT2D eigenvalue weighted by atomic mass is 10.1. The van der Waals surface area contributed by atoms with E-state index in [1.165, 1.54) is 0 Å². The molecular weight excluding hydrogens is 156 g/mol. The van der Waals surface area contributed by atoms with Gasteiger partial charge in [0.05, 0.1) is 6.61 Å². The van der Waals surface area contributed by atoms with Crippen molar-refractivity contribution < 1.29 is 14.2 Å². The Morgan fingerprint density at radius 1 is 1.25 bits per heavy atom. The van der Waals surface area contributed by atoms with Gasteiger partial charge in [0.1, 0.15) is 5.60 Å².